The Bertz CT molecular complexity index is 623. The molecule has 1 fully saturated rings. The van der Waals surface area contributed by atoms with E-state index in [2.05, 4.69) is 5.32 Å². The molecule has 0 unspecified atom stereocenters. The van der Waals surface area contributed by atoms with Crippen molar-refractivity contribution in [3.05, 3.63) is 23.7 Å². The number of unbranched alkanes of at least 4 members (excludes halogenated alkanes) is 1. The molecule has 0 spiro atoms. The third-order valence-electron chi connectivity index (χ3n) is 3.95. The zero-order chi connectivity index (χ0) is 16.3. The van der Waals surface area contributed by atoms with E-state index in [9.17, 15) is 13.2 Å². The van der Waals surface area contributed by atoms with Crippen LogP contribution in [-0.2, 0) is 14.8 Å². The lowest BCUT2D eigenvalue weighted by Gasteiger charge is -2.17. The van der Waals surface area contributed by atoms with E-state index in [0.29, 0.717) is 19.5 Å². The maximum absolute atomic E-state index is 12.4. The van der Waals surface area contributed by atoms with Crippen LogP contribution in [0.5, 0.6) is 0 Å². The lowest BCUT2D eigenvalue weighted by atomic mass is 10.0. The standard InChI is InChI=1S/C15H24N2O4S/c1-4-5-8-22(19,20)17-9-13(14(10-17)16-12(3)18)15-7-6-11(2)21-15/h6-7,13-14H,4-5,8-10H2,1-3H3,(H,16,18)/t13-,14-/m1/s1. The van der Waals surface area contributed by atoms with Gasteiger partial charge < -0.3 is 9.73 Å². The normalized spacial score (nSPS) is 22.9. The summed E-state index contributed by atoms with van der Waals surface area (Å²) in [5.41, 5.74) is 0. The molecule has 0 radical (unpaired) electrons. The minimum Gasteiger partial charge on any atom is -0.466 e. The van der Waals surface area contributed by atoms with E-state index >= 15 is 0 Å². The first-order chi connectivity index (χ1) is 10.3. The average Bonchev–Trinajstić information content (AvgIpc) is 3.02. The Morgan fingerprint density at radius 2 is 2.14 bits per heavy atom. The highest BCUT2D eigenvalue weighted by molar-refractivity contribution is 7.89. The summed E-state index contributed by atoms with van der Waals surface area (Å²) in [5.74, 6) is 1.36. The number of nitrogens with one attached hydrogen (secondary N) is 1. The minimum atomic E-state index is -3.28. The summed E-state index contributed by atoms with van der Waals surface area (Å²) in [7, 11) is -3.28. The SMILES string of the molecule is CCCCS(=O)(=O)N1C[C@@H](NC(C)=O)[C@H](c2ccc(C)o2)C1. The molecule has 2 heterocycles. The van der Waals surface area contributed by atoms with Crippen molar-refractivity contribution in [1.29, 1.82) is 0 Å². The summed E-state index contributed by atoms with van der Waals surface area (Å²) < 4.78 is 31.9. The van der Waals surface area contributed by atoms with Gasteiger partial charge in [-0.3, -0.25) is 4.79 Å². The molecule has 0 aliphatic carbocycles. The van der Waals surface area contributed by atoms with Gasteiger partial charge in [0.25, 0.3) is 0 Å². The van der Waals surface area contributed by atoms with Crippen LogP contribution in [0, 0.1) is 6.92 Å². The van der Waals surface area contributed by atoms with Gasteiger partial charge in [0.1, 0.15) is 11.5 Å². The Balaban J connectivity index is 2.19. The number of amides is 1. The largest absolute Gasteiger partial charge is 0.466 e. The number of sulfonamides is 1. The highest BCUT2D eigenvalue weighted by Gasteiger charge is 2.40. The van der Waals surface area contributed by atoms with Crippen molar-refractivity contribution in [1.82, 2.24) is 9.62 Å². The molecule has 0 saturated carbocycles. The Morgan fingerprint density at radius 1 is 1.41 bits per heavy atom. The van der Waals surface area contributed by atoms with E-state index in [0.717, 1.165) is 17.9 Å². The van der Waals surface area contributed by atoms with E-state index < -0.39 is 10.0 Å². The fraction of sp³-hybridized carbons (Fsp3) is 0.667. The highest BCUT2D eigenvalue weighted by atomic mass is 32.2. The Labute approximate surface area is 131 Å². The molecule has 2 rings (SSSR count). The smallest absolute Gasteiger partial charge is 0.217 e. The monoisotopic (exact) mass is 328 g/mol. The number of hydrogen-bond donors (Lipinski definition) is 1. The molecule has 22 heavy (non-hydrogen) atoms. The first kappa shape index (κ1) is 17.0. The summed E-state index contributed by atoms with van der Waals surface area (Å²) in [5, 5.41) is 2.85. The molecule has 1 aromatic rings. The van der Waals surface area contributed by atoms with E-state index in [1.54, 1.807) is 0 Å². The highest BCUT2D eigenvalue weighted by Crippen LogP contribution is 2.31. The molecule has 1 aliphatic rings. The van der Waals surface area contributed by atoms with Gasteiger partial charge in [0.05, 0.1) is 17.7 Å². The number of carbonyl (C=O) groups is 1. The Kier molecular flexibility index (Phi) is 5.28. The molecule has 1 aliphatic heterocycles. The van der Waals surface area contributed by atoms with E-state index in [-0.39, 0.29) is 23.6 Å². The molecule has 1 saturated heterocycles. The van der Waals surface area contributed by atoms with Crippen molar-refractivity contribution in [2.45, 2.75) is 45.6 Å². The van der Waals surface area contributed by atoms with Crippen LogP contribution < -0.4 is 5.32 Å². The zero-order valence-electron chi connectivity index (χ0n) is 13.3. The fourth-order valence-electron chi connectivity index (χ4n) is 2.80. The number of nitrogens with zero attached hydrogens (tertiary/aromatic N) is 1. The molecule has 1 aromatic heterocycles. The summed E-state index contributed by atoms with van der Waals surface area (Å²) in [6.07, 6.45) is 1.48. The molecular weight excluding hydrogens is 304 g/mol. The first-order valence-electron chi connectivity index (χ1n) is 7.64. The molecule has 1 N–H and O–H groups in total. The first-order valence-corrected chi connectivity index (χ1v) is 9.25. The summed E-state index contributed by atoms with van der Waals surface area (Å²) in [6.45, 7) is 5.91. The summed E-state index contributed by atoms with van der Waals surface area (Å²) >= 11 is 0. The van der Waals surface area contributed by atoms with Crippen LogP contribution in [0.4, 0.5) is 0 Å². The van der Waals surface area contributed by atoms with Gasteiger partial charge in [-0.2, -0.15) is 4.31 Å². The summed E-state index contributed by atoms with van der Waals surface area (Å²) in [6, 6.07) is 3.46. The summed E-state index contributed by atoms with van der Waals surface area (Å²) in [4.78, 5) is 11.4. The predicted octanol–water partition coefficient (Wildman–Crippen LogP) is 1.62. The van der Waals surface area contributed by atoms with E-state index in [1.807, 2.05) is 26.0 Å². The van der Waals surface area contributed by atoms with Crippen LogP contribution >= 0.6 is 0 Å². The lowest BCUT2D eigenvalue weighted by molar-refractivity contribution is -0.119. The average molecular weight is 328 g/mol. The van der Waals surface area contributed by atoms with Crippen molar-refractivity contribution in [3.8, 4) is 0 Å². The number of furan rings is 1. The van der Waals surface area contributed by atoms with Gasteiger partial charge in [-0.1, -0.05) is 13.3 Å². The van der Waals surface area contributed by atoms with E-state index in [1.165, 1.54) is 11.2 Å². The van der Waals surface area contributed by atoms with Crippen molar-refractivity contribution < 1.29 is 17.6 Å². The number of carbonyl (C=O) groups excluding carboxylic acids is 1. The van der Waals surface area contributed by atoms with Crippen molar-refractivity contribution in [3.63, 3.8) is 0 Å². The van der Waals surface area contributed by atoms with Gasteiger partial charge in [0.2, 0.25) is 15.9 Å². The maximum Gasteiger partial charge on any atom is 0.217 e. The van der Waals surface area contributed by atoms with Gasteiger partial charge in [0.15, 0.2) is 0 Å². The Morgan fingerprint density at radius 3 is 2.68 bits per heavy atom. The van der Waals surface area contributed by atoms with Gasteiger partial charge >= 0.3 is 0 Å². The number of hydrogen-bond acceptors (Lipinski definition) is 4. The third-order valence-corrected chi connectivity index (χ3v) is 5.84. The molecule has 0 bridgehead atoms. The molecule has 124 valence electrons. The van der Waals surface area contributed by atoms with Gasteiger partial charge in [0, 0.05) is 20.0 Å². The second-order valence-electron chi connectivity index (χ2n) is 5.85. The van der Waals surface area contributed by atoms with Gasteiger partial charge in [-0.25, -0.2) is 8.42 Å². The predicted molar refractivity (Wildman–Crippen MR) is 84.1 cm³/mol. The zero-order valence-corrected chi connectivity index (χ0v) is 14.1. The third kappa shape index (κ3) is 3.89. The topological polar surface area (TPSA) is 79.6 Å². The van der Waals surface area contributed by atoms with Crippen LogP contribution in [0.2, 0.25) is 0 Å². The van der Waals surface area contributed by atoms with Crippen LogP contribution in [0.25, 0.3) is 0 Å². The molecular formula is C15H24N2O4S. The van der Waals surface area contributed by atoms with Crippen molar-refractivity contribution in [2.75, 3.05) is 18.8 Å². The molecule has 1 amide bonds. The number of aryl methyl sites for hydroxylation is 1. The van der Waals surface area contributed by atoms with Crippen molar-refractivity contribution >= 4 is 15.9 Å². The quantitative estimate of drug-likeness (QED) is 0.860. The lowest BCUT2D eigenvalue weighted by Crippen LogP contribution is -2.39. The molecule has 6 nitrogen and oxygen atoms in total. The molecule has 7 heteroatoms. The minimum absolute atomic E-state index is 0.144. The maximum atomic E-state index is 12.4. The van der Waals surface area contributed by atoms with Crippen LogP contribution in [0.3, 0.4) is 0 Å². The Hall–Kier alpha value is -1.34. The number of rotatable bonds is 6. The van der Waals surface area contributed by atoms with Crippen LogP contribution in [0.1, 0.15) is 44.1 Å². The van der Waals surface area contributed by atoms with Gasteiger partial charge in [-0.15, -0.1) is 0 Å². The van der Waals surface area contributed by atoms with Crippen LogP contribution in [0.15, 0.2) is 16.5 Å². The second-order valence-corrected chi connectivity index (χ2v) is 7.94. The van der Waals surface area contributed by atoms with Gasteiger partial charge in [-0.05, 0) is 25.5 Å². The fourth-order valence-corrected chi connectivity index (χ4v) is 4.49. The molecule has 2 atom stereocenters. The van der Waals surface area contributed by atoms with Crippen molar-refractivity contribution in [2.24, 2.45) is 0 Å². The van der Waals surface area contributed by atoms with Crippen LogP contribution in [-0.4, -0.2) is 43.5 Å². The second kappa shape index (κ2) is 6.83. The van der Waals surface area contributed by atoms with E-state index in [4.69, 9.17) is 4.42 Å². The molecule has 0 aromatic carbocycles.